The van der Waals surface area contributed by atoms with E-state index in [0.717, 1.165) is 5.56 Å². The highest BCUT2D eigenvalue weighted by atomic mass is 35.5. The molecular weight excluding hydrogens is 297 g/mol. The molecule has 1 atom stereocenters. The maximum absolute atomic E-state index is 14.2. The number of benzene rings is 1. The zero-order chi connectivity index (χ0) is 15.0. The normalized spacial score (nSPS) is 12.4. The number of aryl methyl sites for hydroxylation is 2. The molecule has 0 bridgehead atoms. The third-order valence-electron chi connectivity index (χ3n) is 3.17. The quantitative estimate of drug-likeness (QED) is 0.731. The van der Waals surface area contributed by atoms with Crippen molar-refractivity contribution in [1.29, 1.82) is 0 Å². The van der Waals surface area contributed by atoms with Crippen molar-refractivity contribution in [3.05, 3.63) is 38.3 Å². The minimum atomic E-state index is -0.611. The maximum Gasteiger partial charge on any atom is 0.169 e. The van der Waals surface area contributed by atoms with Crippen LogP contribution in [-0.2, 0) is 0 Å². The van der Waals surface area contributed by atoms with Crippen molar-refractivity contribution in [2.24, 2.45) is 0 Å². The number of nitrogen functional groups attached to an aromatic ring is 2. The summed E-state index contributed by atoms with van der Waals surface area (Å²) in [5, 5.41) is 2.98. The average molecular weight is 314 g/mol. The Hall–Kier alpha value is -1.46. The van der Waals surface area contributed by atoms with E-state index in [1.54, 1.807) is 11.3 Å². The molecule has 0 aliphatic carbocycles. The van der Waals surface area contributed by atoms with E-state index in [4.69, 9.17) is 23.1 Å². The largest absolute Gasteiger partial charge is 0.397 e. The molecule has 0 fully saturated rings. The van der Waals surface area contributed by atoms with Crippen LogP contribution in [0, 0.1) is 19.7 Å². The molecule has 0 saturated carbocycles. The first-order valence-corrected chi connectivity index (χ1v) is 7.37. The summed E-state index contributed by atoms with van der Waals surface area (Å²) in [6.07, 6.45) is 0. The van der Waals surface area contributed by atoms with Crippen LogP contribution in [0.4, 0.5) is 21.5 Å². The van der Waals surface area contributed by atoms with Gasteiger partial charge in [-0.15, -0.1) is 11.3 Å². The maximum atomic E-state index is 14.2. The molecule has 1 heterocycles. The van der Waals surface area contributed by atoms with Crippen molar-refractivity contribution in [2.45, 2.75) is 26.8 Å². The summed E-state index contributed by atoms with van der Waals surface area (Å²) in [6.45, 7) is 6.04. The first-order chi connectivity index (χ1) is 9.31. The highest BCUT2D eigenvalue weighted by Crippen LogP contribution is 2.36. The second-order valence-electron chi connectivity index (χ2n) is 4.79. The molecule has 0 saturated heterocycles. The SMILES string of the molecule is Cc1cc(C(C)Nc2c(N)cc(N)c(Cl)c2F)c(C)s1. The summed E-state index contributed by atoms with van der Waals surface area (Å²) in [6, 6.07) is 3.48. The van der Waals surface area contributed by atoms with Crippen LogP contribution in [0.2, 0.25) is 5.02 Å². The standard InChI is InChI=1S/C14H17ClFN3S/c1-6-4-9(8(3)20-6)7(2)19-14-11(18)5-10(17)12(15)13(14)16/h4-5,7,19H,17-18H2,1-3H3. The van der Waals surface area contributed by atoms with Crippen molar-refractivity contribution in [3.63, 3.8) is 0 Å². The summed E-state index contributed by atoms with van der Waals surface area (Å²) in [5.41, 5.74) is 13.1. The van der Waals surface area contributed by atoms with Gasteiger partial charge in [-0.2, -0.15) is 0 Å². The Morgan fingerprint density at radius 2 is 1.90 bits per heavy atom. The van der Waals surface area contributed by atoms with Gasteiger partial charge in [0.15, 0.2) is 5.82 Å². The number of halogens is 2. The molecule has 3 nitrogen and oxygen atoms in total. The lowest BCUT2D eigenvalue weighted by Gasteiger charge is -2.18. The lowest BCUT2D eigenvalue weighted by molar-refractivity contribution is 0.629. The van der Waals surface area contributed by atoms with E-state index in [2.05, 4.69) is 11.4 Å². The Bertz CT molecular complexity index is 654. The van der Waals surface area contributed by atoms with Gasteiger partial charge in [-0.3, -0.25) is 0 Å². The number of anilines is 3. The predicted octanol–water partition coefficient (Wildman–Crippen LogP) is 4.49. The van der Waals surface area contributed by atoms with Crippen LogP contribution in [0.15, 0.2) is 12.1 Å². The van der Waals surface area contributed by atoms with Crippen molar-refractivity contribution in [2.75, 3.05) is 16.8 Å². The number of rotatable bonds is 3. The molecule has 0 radical (unpaired) electrons. The number of hydrogen-bond acceptors (Lipinski definition) is 4. The van der Waals surface area contributed by atoms with Crippen LogP contribution in [0.1, 0.15) is 28.3 Å². The van der Waals surface area contributed by atoms with Crippen LogP contribution >= 0.6 is 22.9 Å². The molecule has 1 aromatic carbocycles. The van der Waals surface area contributed by atoms with Crippen LogP contribution in [0.5, 0.6) is 0 Å². The van der Waals surface area contributed by atoms with Crippen LogP contribution < -0.4 is 16.8 Å². The Morgan fingerprint density at radius 1 is 1.25 bits per heavy atom. The van der Waals surface area contributed by atoms with E-state index in [-0.39, 0.29) is 28.1 Å². The molecule has 5 N–H and O–H groups in total. The van der Waals surface area contributed by atoms with Crippen LogP contribution in [0.25, 0.3) is 0 Å². The molecule has 0 aliphatic heterocycles. The van der Waals surface area contributed by atoms with Gasteiger partial charge < -0.3 is 16.8 Å². The number of nitrogens with one attached hydrogen (secondary N) is 1. The molecule has 0 spiro atoms. The molecular formula is C14H17ClFN3S. The Labute approximate surface area is 126 Å². The van der Waals surface area contributed by atoms with Gasteiger partial charge in [-0.05, 0) is 38.5 Å². The number of thiophene rings is 1. The number of nitrogens with two attached hydrogens (primary N) is 2. The molecule has 2 rings (SSSR count). The first kappa shape index (κ1) is 14.9. The second-order valence-corrected chi connectivity index (χ2v) is 6.63. The predicted molar refractivity (Wildman–Crippen MR) is 86.1 cm³/mol. The molecule has 0 amide bonds. The monoisotopic (exact) mass is 313 g/mol. The Balaban J connectivity index is 2.35. The van der Waals surface area contributed by atoms with E-state index in [1.165, 1.54) is 15.8 Å². The third kappa shape index (κ3) is 2.69. The first-order valence-electron chi connectivity index (χ1n) is 6.17. The fourth-order valence-corrected chi connectivity index (χ4v) is 3.36. The van der Waals surface area contributed by atoms with Gasteiger partial charge in [0.1, 0.15) is 5.02 Å². The number of hydrogen-bond donors (Lipinski definition) is 3. The summed E-state index contributed by atoms with van der Waals surface area (Å²) < 4.78 is 14.2. The molecule has 20 heavy (non-hydrogen) atoms. The van der Waals surface area contributed by atoms with Crippen molar-refractivity contribution < 1.29 is 4.39 Å². The topological polar surface area (TPSA) is 64.1 Å². The zero-order valence-electron chi connectivity index (χ0n) is 11.6. The van der Waals surface area contributed by atoms with Gasteiger partial charge in [0, 0.05) is 15.8 Å². The second kappa shape index (κ2) is 5.50. The zero-order valence-corrected chi connectivity index (χ0v) is 13.1. The molecule has 2 aromatic rings. The molecule has 1 aromatic heterocycles. The van der Waals surface area contributed by atoms with Gasteiger partial charge >= 0.3 is 0 Å². The fourth-order valence-electron chi connectivity index (χ4n) is 2.19. The van der Waals surface area contributed by atoms with E-state index in [9.17, 15) is 4.39 Å². The minimum absolute atomic E-state index is 0.0727. The summed E-state index contributed by atoms with van der Waals surface area (Å²) in [5.74, 6) is -0.611. The van der Waals surface area contributed by atoms with Gasteiger partial charge in [-0.25, -0.2) is 4.39 Å². The van der Waals surface area contributed by atoms with E-state index in [1.807, 2.05) is 20.8 Å². The summed E-state index contributed by atoms with van der Waals surface area (Å²) >= 11 is 7.54. The van der Waals surface area contributed by atoms with Crippen molar-refractivity contribution >= 4 is 40.0 Å². The average Bonchev–Trinajstić information content (AvgIpc) is 2.71. The highest BCUT2D eigenvalue weighted by molar-refractivity contribution is 7.12. The Kier molecular flexibility index (Phi) is 4.11. The Morgan fingerprint density at radius 3 is 2.45 bits per heavy atom. The molecule has 6 heteroatoms. The fraction of sp³-hybridized carbons (Fsp3) is 0.286. The third-order valence-corrected chi connectivity index (χ3v) is 4.54. The smallest absolute Gasteiger partial charge is 0.169 e. The van der Waals surface area contributed by atoms with Gasteiger partial charge in [0.05, 0.1) is 17.1 Å². The van der Waals surface area contributed by atoms with Gasteiger partial charge in [0.25, 0.3) is 0 Å². The lowest BCUT2D eigenvalue weighted by Crippen LogP contribution is -2.11. The van der Waals surface area contributed by atoms with E-state index < -0.39 is 5.82 Å². The van der Waals surface area contributed by atoms with Crippen molar-refractivity contribution in [3.8, 4) is 0 Å². The van der Waals surface area contributed by atoms with E-state index >= 15 is 0 Å². The van der Waals surface area contributed by atoms with E-state index in [0.29, 0.717) is 0 Å². The van der Waals surface area contributed by atoms with Gasteiger partial charge in [-0.1, -0.05) is 11.6 Å². The molecule has 0 aliphatic rings. The van der Waals surface area contributed by atoms with Gasteiger partial charge in [0.2, 0.25) is 0 Å². The molecule has 1 unspecified atom stereocenters. The lowest BCUT2D eigenvalue weighted by atomic mass is 10.1. The molecule has 108 valence electrons. The highest BCUT2D eigenvalue weighted by Gasteiger charge is 2.18. The minimum Gasteiger partial charge on any atom is -0.397 e. The summed E-state index contributed by atoms with van der Waals surface area (Å²) in [7, 11) is 0. The summed E-state index contributed by atoms with van der Waals surface area (Å²) in [4.78, 5) is 2.41. The van der Waals surface area contributed by atoms with Crippen molar-refractivity contribution in [1.82, 2.24) is 0 Å². The van der Waals surface area contributed by atoms with Crippen LogP contribution in [-0.4, -0.2) is 0 Å². The van der Waals surface area contributed by atoms with Crippen LogP contribution in [0.3, 0.4) is 0 Å².